The summed E-state index contributed by atoms with van der Waals surface area (Å²) < 4.78 is 16.6. The number of aromatic nitrogens is 1. The lowest BCUT2D eigenvalue weighted by molar-refractivity contribution is 0.0714. The van der Waals surface area contributed by atoms with Crippen LogP contribution in [0.3, 0.4) is 0 Å². The van der Waals surface area contributed by atoms with Gasteiger partial charge < -0.3 is 29.4 Å². The number of pyridine rings is 1. The second-order valence-corrected chi connectivity index (χ2v) is 8.07. The van der Waals surface area contributed by atoms with Crippen LogP contribution in [-0.4, -0.2) is 56.2 Å². The van der Waals surface area contributed by atoms with Crippen LogP contribution in [0.4, 0.5) is 11.5 Å². The van der Waals surface area contributed by atoms with E-state index in [9.17, 15) is 4.79 Å². The van der Waals surface area contributed by atoms with Gasteiger partial charge >= 0.3 is 0 Å². The zero-order valence-electron chi connectivity index (χ0n) is 19.2. The lowest BCUT2D eigenvalue weighted by Crippen LogP contribution is -2.49. The molecule has 0 bridgehead atoms. The van der Waals surface area contributed by atoms with Gasteiger partial charge in [-0.3, -0.25) is 4.79 Å². The van der Waals surface area contributed by atoms with Gasteiger partial charge in [0.25, 0.3) is 5.91 Å². The van der Waals surface area contributed by atoms with Gasteiger partial charge in [0.05, 0.1) is 26.0 Å². The standard InChI is InChI=1S/C26H26N4O4/c1-32-21-16-19-24(23(25(21)33-2)17-7-4-3-5-8-17)18(27)15-22(28-19)29-10-12-30(13-11-29)26(31)20-9-6-14-34-20/h3-9,14-16H,10-13H2,1-2H3,(H2,27,28). The fraction of sp³-hybridized carbons (Fsp3) is 0.231. The third-order valence-corrected chi connectivity index (χ3v) is 6.14. The van der Waals surface area contributed by atoms with Crippen LogP contribution in [0.2, 0.25) is 0 Å². The highest BCUT2D eigenvalue weighted by Gasteiger charge is 2.26. The van der Waals surface area contributed by atoms with Gasteiger partial charge in [-0.15, -0.1) is 0 Å². The minimum absolute atomic E-state index is 0.0973. The van der Waals surface area contributed by atoms with E-state index in [0.29, 0.717) is 49.1 Å². The fourth-order valence-electron chi connectivity index (χ4n) is 4.47. The number of rotatable bonds is 5. The lowest BCUT2D eigenvalue weighted by atomic mass is 9.97. The summed E-state index contributed by atoms with van der Waals surface area (Å²) in [6.45, 7) is 2.42. The maximum atomic E-state index is 12.6. The number of nitrogen functional groups attached to an aromatic ring is 1. The number of piperazine rings is 1. The first-order valence-corrected chi connectivity index (χ1v) is 11.1. The van der Waals surface area contributed by atoms with Gasteiger partial charge in [-0.05, 0) is 17.7 Å². The van der Waals surface area contributed by atoms with Crippen molar-refractivity contribution in [1.82, 2.24) is 9.88 Å². The van der Waals surface area contributed by atoms with Crippen LogP contribution in [0.25, 0.3) is 22.0 Å². The monoisotopic (exact) mass is 458 g/mol. The molecule has 4 aromatic rings. The lowest BCUT2D eigenvalue weighted by Gasteiger charge is -2.35. The molecule has 1 amide bonds. The summed E-state index contributed by atoms with van der Waals surface area (Å²) in [6, 6.07) is 17.1. The van der Waals surface area contributed by atoms with Crippen LogP contribution < -0.4 is 20.1 Å². The van der Waals surface area contributed by atoms with E-state index in [4.69, 9.17) is 24.6 Å². The van der Waals surface area contributed by atoms with Gasteiger partial charge in [-0.25, -0.2) is 4.98 Å². The quantitative estimate of drug-likeness (QED) is 0.482. The smallest absolute Gasteiger partial charge is 0.289 e. The number of hydrogen-bond donors (Lipinski definition) is 1. The van der Waals surface area contributed by atoms with E-state index in [-0.39, 0.29) is 5.91 Å². The normalized spacial score (nSPS) is 13.8. The van der Waals surface area contributed by atoms with E-state index in [1.54, 1.807) is 31.3 Å². The van der Waals surface area contributed by atoms with Crippen molar-refractivity contribution in [2.45, 2.75) is 0 Å². The zero-order chi connectivity index (χ0) is 23.7. The molecule has 0 spiro atoms. The molecule has 174 valence electrons. The highest BCUT2D eigenvalue weighted by molar-refractivity contribution is 6.07. The Morgan fingerprint density at radius 3 is 2.41 bits per heavy atom. The van der Waals surface area contributed by atoms with Crippen molar-refractivity contribution in [2.24, 2.45) is 0 Å². The second kappa shape index (κ2) is 8.97. The molecule has 1 fully saturated rings. The van der Waals surface area contributed by atoms with Crippen LogP contribution in [-0.2, 0) is 0 Å². The largest absolute Gasteiger partial charge is 0.493 e. The Kier molecular flexibility index (Phi) is 5.71. The van der Waals surface area contributed by atoms with Gasteiger partial charge in [0.2, 0.25) is 0 Å². The summed E-state index contributed by atoms with van der Waals surface area (Å²) >= 11 is 0. The number of furan rings is 1. The Morgan fingerprint density at radius 2 is 1.76 bits per heavy atom. The molecule has 5 rings (SSSR count). The van der Waals surface area contributed by atoms with Crippen LogP contribution >= 0.6 is 0 Å². The number of fused-ring (bicyclic) bond motifs is 1. The molecule has 0 atom stereocenters. The number of ether oxygens (including phenoxy) is 2. The number of hydrogen-bond acceptors (Lipinski definition) is 7. The molecule has 0 unspecified atom stereocenters. The molecule has 0 aliphatic carbocycles. The topological polar surface area (TPSA) is 94.1 Å². The first kappa shape index (κ1) is 21.6. The summed E-state index contributed by atoms with van der Waals surface area (Å²) in [7, 11) is 3.23. The summed E-state index contributed by atoms with van der Waals surface area (Å²) in [4.78, 5) is 21.5. The van der Waals surface area contributed by atoms with Crippen molar-refractivity contribution in [3.8, 4) is 22.6 Å². The van der Waals surface area contributed by atoms with E-state index < -0.39 is 0 Å². The van der Waals surface area contributed by atoms with Crippen LogP contribution in [0, 0.1) is 0 Å². The Balaban J connectivity index is 1.51. The van der Waals surface area contributed by atoms with Gasteiger partial charge in [0.15, 0.2) is 17.3 Å². The number of methoxy groups -OCH3 is 2. The summed E-state index contributed by atoms with van der Waals surface area (Å²) in [5.41, 5.74) is 9.76. The highest BCUT2D eigenvalue weighted by atomic mass is 16.5. The molecule has 1 aliphatic rings. The second-order valence-electron chi connectivity index (χ2n) is 8.07. The van der Waals surface area contributed by atoms with E-state index in [0.717, 1.165) is 27.8 Å². The average molecular weight is 459 g/mol. The number of nitrogens with two attached hydrogens (primary N) is 1. The van der Waals surface area contributed by atoms with Crippen molar-refractivity contribution in [3.05, 3.63) is 66.6 Å². The van der Waals surface area contributed by atoms with Crippen LogP contribution in [0.15, 0.2) is 65.3 Å². The molecule has 1 aliphatic heterocycles. The van der Waals surface area contributed by atoms with E-state index >= 15 is 0 Å². The van der Waals surface area contributed by atoms with Crippen LogP contribution in [0.5, 0.6) is 11.5 Å². The Bertz CT molecular complexity index is 1310. The van der Waals surface area contributed by atoms with Crippen molar-refractivity contribution >= 4 is 28.3 Å². The first-order valence-electron chi connectivity index (χ1n) is 11.1. The molecule has 1 saturated heterocycles. The maximum absolute atomic E-state index is 12.6. The summed E-state index contributed by atoms with van der Waals surface area (Å²) in [6.07, 6.45) is 1.51. The molecule has 8 heteroatoms. The Labute approximate surface area is 197 Å². The molecular formula is C26H26N4O4. The zero-order valence-corrected chi connectivity index (χ0v) is 19.2. The predicted molar refractivity (Wildman–Crippen MR) is 132 cm³/mol. The first-order chi connectivity index (χ1) is 16.6. The molecule has 2 aromatic heterocycles. The number of amides is 1. The number of anilines is 2. The molecule has 2 N–H and O–H groups in total. The number of benzene rings is 2. The Morgan fingerprint density at radius 1 is 1.00 bits per heavy atom. The fourth-order valence-corrected chi connectivity index (χ4v) is 4.47. The summed E-state index contributed by atoms with van der Waals surface area (Å²) in [5, 5.41) is 0.819. The minimum atomic E-state index is -0.0973. The SMILES string of the molecule is COc1cc2nc(N3CCN(C(=O)c4ccco4)CC3)cc(N)c2c(-c2ccccc2)c1OC. The molecule has 3 heterocycles. The van der Waals surface area contributed by atoms with Gasteiger partial charge in [-0.1, -0.05) is 30.3 Å². The molecule has 0 saturated carbocycles. The third-order valence-electron chi connectivity index (χ3n) is 6.14. The van der Waals surface area contributed by atoms with Crippen molar-refractivity contribution in [1.29, 1.82) is 0 Å². The number of carbonyl (C=O) groups is 1. The van der Waals surface area contributed by atoms with E-state index in [1.807, 2.05) is 42.5 Å². The van der Waals surface area contributed by atoms with Crippen molar-refractivity contribution in [2.75, 3.05) is 51.0 Å². The van der Waals surface area contributed by atoms with Crippen LogP contribution in [0.1, 0.15) is 10.6 Å². The maximum Gasteiger partial charge on any atom is 0.289 e. The molecule has 34 heavy (non-hydrogen) atoms. The van der Waals surface area contributed by atoms with Gasteiger partial charge in [0, 0.05) is 54.9 Å². The number of carbonyl (C=O) groups excluding carboxylic acids is 1. The van der Waals surface area contributed by atoms with E-state index in [1.165, 1.54) is 6.26 Å². The molecule has 2 aromatic carbocycles. The van der Waals surface area contributed by atoms with E-state index in [2.05, 4.69) is 4.90 Å². The highest BCUT2D eigenvalue weighted by Crippen LogP contribution is 2.46. The molecular weight excluding hydrogens is 432 g/mol. The molecule has 8 nitrogen and oxygen atoms in total. The molecule has 0 radical (unpaired) electrons. The Hall–Kier alpha value is -4.20. The van der Waals surface area contributed by atoms with Crippen molar-refractivity contribution in [3.63, 3.8) is 0 Å². The van der Waals surface area contributed by atoms with Gasteiger partial charge in [-0.2, -0.15) is 0 Å². The van der Waals surface area contributed by atoms with Crippen molar-refractivity contribution < 1.29 is 18.7 Å². The average Bonchev–Trinajstić information content (AvgIpc) is 3.42. The number of nitrogens with zero attached hydrogens (tertiary/aromatic N) is 3. The predicted octanol–water partition coefficient (Wildman–Crippen LogP) is 4.06. The summed E-state index contributed by atoms with van der Waals surface area (Å²) in [5.74, 6) is 2.23. The minimum Gasteiger partial charge on any atom is -0.493 e. The third kappa shape index (κ3) is 3.77. The van der Waals surface area contributed by atoms with Gasteiger partial charge in [0.1, 0.15) is 5.82 Å².